The number of rotatable bonds is 2. The molecule has 102 valence electrons. The average molecular weight is 401 g/mol. The largest absolute Gasteiger partial charge is 0.465 e. The van der Waals surface area contributed by atoms with Gasteiger partial charge in [-0.2, -0.15) is 0 Å². The van der Waals surface area contributed by atoms with Gasteiger partial charge in [0.2, 0.25) is 0 Å². The highest BCUT2D eigenvalue weighted by atomic mass is 79.9. The SMILES string of the molecule is COC(=O)c1cc(CBr)ccc1F.ClC(Cl)(Cl)Cl. The fourth-order valence-corrected chi connectivity index (χ4v) is 1.27. The van der Waals surface area contributed by atoms with Crippen LogP contribution in [0.2, 0.25) is 0 Å². The van der Waals surface area contributed by atoms with Gasteiger partial charge in [-0.05, 0) is 17.7 Å². The molecule has 1 aromatic carbocycles. The summed E-state index contributed by atoms with van der Waals surface area (Å²) in [5, 5.41) is 0.581. The third kappa shape index (κ3) is 8.38. The van der Waals surface area contributed by atoms with Gasteiger partial charge in [-0.3, -0.25) is 0 Å². The molecule has 0 heterocycles. The third-order valence-electron chi connectivity index (χ3n) is 1.59. The van der Waals surface area contributed by atoms with Gasteiger partial charge in [-0.15, -0.1) is 0 Å². The van der Waals surface area contributed by atoms with E-state index in [1.807, 2.05) is 0 Å². The van der Waals surface area contributed by atoms with E-state index in [1.54, 1.807) is 6.07 Å². The molecule has 0 atom stereocenters. The Bertz CT molecular complexity index is 403. The summed E-state index contributed by atoms with van der Waals surface area (Å²) < 4.78 is 15.8. The van der Waals surface area contributed by atoms with E-state index in [4.69, 9.17) is 46.4 Å². The number of methoxy groups -OCH3 is 1. The van der Waals surface area contributed by atoms with Crippen molar-refractivity contribution in [3.8, 4) is 0 Å². The summed E-state index contributed by atoms with van der Waals surface area (Å²) in [6, 6.07) is 4.33. The van der Waals surface area contributed by atoms with E-state index in [1.165, 1.54) is 19.2 Å². The second-order valence-electron chi connectivity index (χ2n) is 2.87. The number of alkyl halides is 5. The van der Waals surface area contributed by atoms with Crippen LogP contribution >= 0.6 is 62.3 Å². The van der Waals surface area contributed by atoms with Crippen LogP contribution in [0.4, 0.5) is 4.39 Å². The molecule has 0 aromatic heterocycles. The topological polar surface area (TPSA) is 26.3 Å². The number of halogens is 6. The summed E-state index contributed by atoms with van der Waals surface area (Å²) in [4.78, 5) is 11.0. The van der Waals surface area contributed by atoms with Gasteiger partial charge in [0, 0.05) is 5.33 Å². The molecule has 1 aromatic rings. The molecule has 0 aliphatic heterocycles. The van der Waals surface area contributed by atoms with Gasteiger partial charge >= 0.3 is 5.97 Å². The molecule has 0 amide bonds. The Morgan fingerprint density at radius 2 is 1.89 bits per heavy atom. The highest BCUT2D eigenvalue weighted by Crippen LogP contribution is 2.29. The number of esters is 1. The van der Waals surface area contributed by atoms with Gasteiger partial charge in [-0.1, -0.05) is 68.4 Å². The van der Waals surface area contributed by atoms with Gasteiger partial charge in [0.15, 0.2) is 0 Å². The summed E-state index contributed by atoms with van der Waals surface area (Å²) in [5.41, 5.74) is 0.807. The number of carbonyl (C=O) groups excluding carboxylic acids is 1. The minimum atomic E-state index is -1.61. The molecule has 0 fully saturated rings. The highest BCUT2D eigenvalue weighted by Gasteiger charge is 2.12. The Kier molecular flexibility index (Phi) is 8.56. The molecule has 8 heteroatoms. The maximum Gasteiger partial charge on any atom is 0.340 e. The smallest absolute Gasteiger partial charge is 0.340 e. The van der Waals surface area contributed by atoms with Crippen LogP contribution in [-0.2, 0) is 10.1 Å². The molecule has 0 radical (unpaired) electrons. The number of carbonyl (C=O) groups is 1. The predicted molar refractivity (Wildman–Crippen MR) is 76.5 cm³/mol. The average Bonchev–Trinajstić information content (AvgIpc) is 2.26. The van der Waals surface area contributed by atoms with Crippen molar-refractivity contribution in [1.82, 2.24) is 0 Å². The van der Waals surface area contributed by atoms with E-state index in [2.05, 4.69) is 20.7 Å². The van der Waals surface area contributed by atoms with Crippen LogP contribution in [0.5, 0.6) is 0 Å². The Balaban J connectivity index is 0.000000494. The Morgan fingerprint density at radius 1 is 1.39 bits per heavy atom. The van der Waals surface area contributed by atoms with Crippen LogP contribution in [0.1, 0.15) is 15.9 Å². The van der Waals surface area contributed by atoms with Crippen LogP contribution in [0.15, 0.2) is 18.2 Å². The first-order valence-corrected chi connectivity index (χ1v) is 7.00. The lowest BCUT2D eigenvalue weighted by atomic mass is 10.1. The molecule has 0 saturated carbocycles. The molecule has 2 nitrogen and oxygen atoms in total. The molecule has 0 aliphatic rings. The number of ether oxygens (including phenoxy) is 1. The highest BCUT2D eigenvalue weighted by molar-refractivity contribution is 9.08. The molecule has 0 unspecified atom stereocenters. The summed E-state index contributed by atoms with van der Waals surface area (Å²) in [7, 11) is 1.22. The second-order valence-corrected chi connectivity index (χ2v) is 6.86. The zero-order chi connectivity index (χ0) is 14.3. The minimum Gasteiger partial charge on any atom is -0.465 e. The zero-order valence-corrected chi connectivity index (χ0v) is 13.6. The molecule has 0 bridgehead atoms. The Hall–Kier alpha value is 0.260. The van der Waals surface area contributed by atoms with E-state index in [-0.39, 0.29) is 5.56 Å². The fourth-order valence-electron chi connectivity index (χ4n) is 0.922. The van der Waals surface area contributed by atoms with Gasteiger partial charge in [0.1, 0.15) is 5.82 Å². The lowest BCUT2D eigenvalue weighted by Crippen LogP contribution is -2.04. The quantitative estimate of drug-likeness (QED) is 0.512. The van der Waals surface area contributed by atoms with E-state index in [9.17, 15) is 9.18 Å². The standard InChI is InChI=1S/C9H8BrFO2.CCl4/c1-13-9(12)7-4-6(5-10)2-3-8(7)11;2-1(3,4)5/h2-4H,5H2,1H3;. The molecule has 1 rings (SSSR count). The second kappa shape index (κ2) is 8.43. The van der Waals surface area contributed by atoms with Gasteiger partial charge in [-0.25, -0.2) is 9.18 Å². The predicted octanol–water partition coefficient (Wildman–Crippen LogP) is 5.06. The summed E-state index contributed by atoms with van der Waals surface area (Å²) in [6.45, 7) is 0. The van der Waals surface area contributed by atoms with Crippen LogP contribution in [0.3, 0.4) is 0 Å². The van der Waals surface area contributed by atoms with Crippen molar-refractivity contribution in [3.63, 3.8) is 0 Å². The van der Waals surface area contributed by atoms with E-state index >= 15 is 0 Å². The first-order chi connectivity index (χ1) is 8.19. The van der Waals surface area contributed by atoms with Crippen LogP contribution in [0.25, 0.3) is 0 Å². The Labute approximate surface area is 132 Å². The number of hydrogen-bond donors (Lipinski definition) is 0. The maximum atomic E-state index is 13.0. The summed E-state index contributed by atoms with van der Waals surface area (Å²) in [5.74, 6) is -1.21. The lowest BCUT2D eigenvalue weighted by molar-refractivity contribution is 0.0595. The van der Waals surface area contributed by atoms with Crippen molar-refractivity contribution in [2.75, 3.05) is 7.11 Å². The third-order valence-corrected chi connectivity index (χ3v) is 2.24. The van der Waals surface area contributed by atoms with Crippen molar-refractivity contribution in [1.29, 1.82) is 0 Å². The summed E-state index contributed by atoms with van der Waals surface area (Å²) >= 11 is 22.5. The van der Waals surface area contributed by atoms with E-state index in [0.29, 0.717) is 5.33 Å². The summed E-state index contributed by atoms with van der Waals surface area (Å²) in [6.07, 6.45) is 0. The van der Waals surface area contributed by atoms with Crippen molar-refractivity contribution >= 4 is 68.3 Å². The lowest BCUT2D eigenvalue weighted by Gasteiger charge is -2.02. The first kappa shape index (κ1) is 18.3. The van der Waals surface area contributed by atoms with Crippen molar-refractivity contribution in [2.24, 2.45) is 0 Å². The molecule has 0 spiro atoms. The minimum absolute atomic E-state index is 0.0283. The van der Waals surface area contributed by atoms with Gasteiger partial charge in [0.05, 0.1) is 12.7 Å². The normalized spacial score (nSPS) is 10.4. The molecule has 0 N–H and O–H groups in total. The van der Waals surface area contributed by atoms with Crippen molar-refractivity contribution < 1.29 is 13.9 Å². The Morgan fingerprint density at radius 3 is 2.28 bits per heavy atom. The molecule has 0 aliphatic carbocycles. The van der Waals surface area contributed by atoms with Gasteiger partial charge < -0.3 is 4.74 Å². The maximum absolute atomic E-state index is 13.0. The molecular formula is C10H8BrCl4FO2. The molecule has 18 heavy (non-hydrogen) atoms. The fraction of sp³-hybridized carbons (Fsp3) is 0.300. The van der Waals surface area contributed by atoms with E-state index in [0.717, 1.165) is 5.56 Å². The molecule has 0 saturated heterocycles. The van der Waals surface area contributed by atoms with Crippen LogP contribution < -0.4 is 0 Å². The molecular weight excluding hydrogens is 393 g/mol. The first-order valence-electron chi connectivity index (χ1n) is 4.37. The van der Waals surface area contributed by atoms with Crippen LogP contribution in [-0.4, -0.2) is 16.3 Å². The monoisotopic (exact) mass is 398 g/mol. The van der Waals surface area contributed by atoms with Crippen molar-refractivity contribution in [2.45, 2.75) is 8.58 Å². The van der Waals surface area contributed by atoms with E-state index < -0.39 is 15.0 Å². The number of hydrogen-bond acceptors (Lipinski definition) is 2. The van der Waals surface area contributed by atoms with Crippen LogP contribution in [0, 0.1) is 5.82 Å². The number of benzene rings is 1. The van der Waals surface area contributed by atoms with Crippen molar-refractivity contribution in [3.05, 3.63) is 35.1 Å². The van der Waals surface area contributed by atoms with Gasteiger partial charge in [0.25, 0.3) is 3.25 Å². The zero-order valence-electron chi connectivity index (χ0n) is 9.02.